The van der Waals surface area contributed by atoms with Crippen molar-refractivity contribution < 1.29 is 9.15 Å². The zero-order chi connectivity index (χ0) is 14.8. The highest BCUT2D eigenvalue weighted by Crippen LogP contribution is 2.34. The summed E-state index contributed by atoms with van der Waals surface area (Å²) in [6, 6.07) is 15.0. The van der Waals surface area contributed by atoms with Crippen LogP contribution in [0.25, 0.3) is 11.0 Å². The van der Waals surface area contributed by atoms with Gasteiger partial charge in [0.05, 0.1) is 5.39 Å². The Hall–Kier alpha value is -2.45. The number of fused-ring (bicyclic) bond motifs is 1. The quantitative estimate of drug-likeness (QED) is 0.723. The second kappa shape index (κ2) is 5.51. The number of ether oxygens (including phenoxy) is 1. The first-order valence-corrected chi connectivity index (χ1v) is 7.07. The van der Waals surface area contributed by atoms with Gasteiger partial charge in [-0.2, -0.15) is 5.26 Å². The minimum Gasteiger partial charge on any atom is -0.483 e. The predicted molar refractivity (Wildman–Crippen MR) is 83.8 cm³/mol. The van der Waals surface area contributed by atoms with E-state index in [1.165, 1.54) is 0 Å². The van der Waals surface area contributed by atoms with E-state index in [0.717, 1.165) is 15.4 Å². The molecule has 0 bridgehead atoms. The highest BCUT2D eigenvalue weighted by atomic mass is 79.9. The Morgan fingerprint density at radius 1 is 1.19 bits per heavy atom. The second-order valence-electron chi connectivity index (χ2n) is 4.46. The van der Waals surface area contributed by atoms with Gasteiger partial charge in [0, 0.05) is 15.7 Å². The van der Waals surface area contributed by atoms with E-state index in [9.17, 15) is 0 Å². The van der Waals surface area contributed by atoms with Crippen LogP contribution < -0.4 is 10.5 Å². The third kappa shape index (κ3) is 2.46. The molecule has 3 rings (SSSR count). The van der Waals surface area contributed by atoms with Crippen molar-refractivity contribution in [2.24, 2.45) is 0 Å². The first kappa shape index (κ1) is 13.5. The van der Waals surface area contributed by atoms with Crippen LogP contribution in [0.1, 0.15) is 11.3 Å². The van der Waals surface area contributed by atoms with Gasteiger partial charge in [-0.3, -0.25) is 0 Å². The van der Waals surface area contributed by atoms with Gasteiger partial charge in [-0.1, -0.05) is 34.1 Å². The molecule has 104 valence electrons. The minimum absolute atomic E-state index is 0.168. The molecule has 5 heteroatoms. The minimum atomic E-state index is 0.168. The van der Waals surface area contributed by atoms with Crippen molar-refractivity contribution in [1.29, 1.82) is 5.26 Å². The molecule has 0 spiro atoms. The van der Waals surface area contributed by atoms with E-state index in [1.54, 1.807) is 6.07 Å². The number of rotatable bonds is 3. The predicted octanol–water partition coefficient (Wildman–Crippen LogP) is 4.23. The molecule has 2 N–H and O–H groups in total. The van der Waals surface area contributed by atoms with Crippen LogP contribution in [0, 0.1) is 11.3 Å². The average molecular weight is 343 g/mol. The van der Waals surface area contributed by atoms with Crippen LogP contribution >= 0.6 is 15.9 Å². The van der Waals surface area contributed by atoms with Gasteiger partial charge in [-0.15, -0.1) is 0 Å². The molecule has 0 amide bonds. The van der Waals surface area contributed by atoms with Crippen LogP contribution in [0.3, 0.4) is 0 Å². The number of hydrogen-bond acceptors (Lipinski definition) is 4. The SMILES string of the molecule is N#Cc1oc2ccccc2c1OCc1c(N)cccc1Br. The van der Waals surface area contributed by atoms with Crippen molar-refractivity contribution in [3.05, 3.63) is 58.3 Å². The van der Waals surface area contributed by atoms with E-state index < -0.39 is 0 Å². The number of furan rings is 1. The molecule has 0 aliphatic carbocycles. The molecule has 0 radical (unpaired) electrons. The summed E-state index contributed by atoms with van der Waals surface area (Å²) in [6.45, 7) is 0.255. The Labute approximate surface area is 129 Å². The zero-order valence-corrected chi connectivity index (χ0v) is 12.6. The molecule has 3 aromatic rings. The number of nitriles is 1. The Kier molecular flexibility index (Phi) is 3.55. The maximum absolute atomic E-state index is 9.17. The summed E-state index contributed by atoms with van der Waals surface area (Å²) in [5.74, 6) is 0.616. The van der Waals surface area contributed by atoms with Gasteiger partial charge in [-0.05, 0) is 24.3 Å². The molecule has 1 aromatic heterocycles. The number of anilines is 1. The van der Waals surface area contributed by atoms with Crippen LogP contribution in [0.4, 0.5) is 5.69 Å². The standard InChI is InChI=1S/C16H11BrN2O2/c17-12-5-3-6-13(19)11(12)9-20-16-10-4-1-2-7-14(10)21-15(16)8-18/h1-7H,9,19H2. The Morgan fingerprint density at radius 2 is 2.00 bits per heavy atom. The number of nitrogens with zero attached hydrogens (tertiary/aromatic N) is 1. The fraction of sp³-hybridized carbons (Fsp3) is 0.0625. The van der Waals surface area contributed by atoms with Crippen molar-refractivity contribution >= 4 is 32.6 Å². The lowest BCUT2D eigenvalue weighted by atomic mass is 10.2. The molecule has 0 unspecified atom stereocenters. The normalized spacial score (nSPS) is 10.5. The lowest BCUT2D eigenvalue weighted by Gasteiger charge is -2.09. The number of halogens is 1. The lowest BCUT2D eigenvalue weighted by Crippen LogP contribution is -2.01. The van der Waals surface area contributed by atoms with E-state index in [2.05, 4.69) is 15.9 Å². The molecular formula is C16H11BrN2O2. The number of benzene rings is 2. The number of nitrogen functional groups attached to an aromatic ring is 1. The highest BCUT2D eigenvalue weighted by Gasteiger charge is 2.16. The molecule has 21 heavy (non-hydrogen) atoms. The van der Waals surface area contributed by atoms with Crippen LogP contribution in [0.5, 0.6) is 5.75 Å². The summed E-state index contributed by atoms with van der Waals surface area (Å²) in [7, 11) is 0. The van der Waals surface area contributed by atoms with E-state index in [1.807, 2.05) is 42.5 Å². The zero-order valence-electron chi connectivity index (χ0n) is 11.0. The van der Waals surface area contributed by atoms with Crippen LogP contribution in [0.15, 0.2) is 51.4 Å². The number of para-hydroxylation sites is 1. The fourth-order valence-corrected chi connectivity index (χ4v) is 2.61. The van der Waals surface area contributed by atoms with Crippen LogP contribution in [-0.2, 0) is 6.61 Å². The van der Waals surface area contributed by atoms with Crippen molar-refractivity contribution in [3.8, 4) is 11.8 Å². The van der Waals surface area contributed by atoms with E-state index in [0.29, 0.717) is 17.0 Å². The summed E-state index contributed by atoms with van der Waals surface area (Å²) in [6.07, 6.45) is 0. The van der Waals surface area contributed by atoms with Crippen LogP contribution in [0.2, 0.25) is 0 Å². The van der Waals surface area contributed by atoms with Gasteiger partial charge in [0.1, 0.15) is 18.3 Å². The first-order valence-electron chi connectivity index (χ1n) is 6.28. The van der Waals surface area contributed by atoms with E-state index in [4.69, 9.17) is 20.1 Å². The van der Waals surface area contributed by atoms with Gasteiger partial charge in [0.25, 0.3) is 0 Å². The summed E-state index contributed by atoms with van der Waals surface area (Å²) < 4.78 is 12.1. The maximum Gasteiger partial charge on any atom is 0.246 e. The topological polar surface area (TPSA) is 72.2 Å². The highest BCUT2D eigenvalue weighted by molar-refractivity contribution is 9.10. The van der Waals surface area contributed by atoms with E-state index in [-0.39, 0.29) is 12.4 Å². The second-order valence-corrected chi connectivity index (χ2v) is 5.32. The Balaban J connectivity index is 1.97. The molecule has 0 saturated heterocycles. The first-order chi connectivity index (χ1) is 10.2. The van der Waals surface area contributed by atoms with Gasteiger partial charge < -0.3 is 14.9 Å². The molecule has 0 fully saturated rings. The summed E-state index contributed by atoms with van der Waals surface area (Å²) in [5.41, 5.74) is 8.05. The lowest BCUT2D eigenvalue weighted by molar-refractivity contribution is 0.303. The monoisotopic (exact) mass is 342 g/mol. The number of hydrogen-bond donors (Lipinski definition) is 1. The molecule has 0 aliphatic rings. The van der Waals surface area contributed by atoms with Gasteiger partial charge >= 0.3 is 0 Å². The molecule has 4 nitrogen and oxygen atoms in total. The third-order valence-electron chi connectivity index (χ3n) is 3.17. The van der Waals surface area contributed by atoms with Crippen molar-refractivity contribution in [1.82, 2.24) is 0 Å². The van der Waals surface area contributed by atoms with Crippen LogP contribution in [-0.4, -0.2) is 0 Å². The van der Waals surface area contributed by atoms with E-state index >= 15 is 0 Å². The largest absolute Gasteiger partial charge is 0.483 e. The van der Waals surface area contributed by atoms with Gasteiger partial charge in [0.15, 0.2) is 5.75 Å². The Morgan fingerprint density at radius 3 is 2.76 bits per heavy atom. The summed E-state index contributed by atoms with van der Waals surface area (Å²) in [5, 5.41) is 9.95. The fourth-order valence-electron chi connectivity index (χ4n) is 2.11. The van der Waals surface area contributed by atoms with Gasteiger partial charge in [-0.25, -0.2) is 0 Å². The molecule has 0 saturated carbocycles. The summed E-state index contributed by atoms with van der Waals surface area (Å²) in [4.78, 5) is 0. The Bertz CT molecular complexity index is 829. The summed E-state index contributed by atoms with van der Waals surface area (Å²) >= 11 is 3.45. The third-order valence-corrected chi connectivity index (χ3v) is 3.91. The molecule has 1 heterocycles. The van der Waals surface area contributed by atoms with Crippen molar-refractivity contribution in [2.75, 3.05) is 5.73 Å². The maximum atomic E-state index is 9.17. The average Bonchev–Trinajstić information content (AvgIpc) is 2.85. The molecular weight excluding hydrogens is 332 g/mol. The number of nitrogens with two attached hydrogens (primary N) is 1. The smallest absolute Gasteiger partial charge is 0.246 e. The molecule has 2 aromatic carbocycles. The molecule has 0 aliphatic heterocycles. The van der Waals surface area contributed by atoms with Gasteiger partial charge in [0.2, 0.25) is 5.76 Å². The van der Waals surface area contributed by atoms with Crippen molar-refractivity contribution in [2.45, 2.75) is 6.61 Å². The van der Waals surface area contributed by atoms with Crippen molar-refractivity contribution in [3.63, 3.8) is 0 Å². The molecule has 0 atom stereocenters.